The Bertz CT molecular complexity index is 442. The topological polar surface area (TPSA) is 42.1 Å². The molecule has 1 aromatic carbocycles. The van der Waals surface area contributed by atoms with E-state index in [-0.39, 0.29) is 6.04 Å². The van der Waals surface area contributed by atoms with E-state index in [0.29, 0.717) is 6.54 Å². The number of hydrogen-bond acceptors (Lipinski definition) is 3. The average molecular weight is 227 g/mol. The van der Waals surface area contributed by atoms with E-state index in [1.54, 1.807) is 6.20 Å². The van der Waals surface area contributed by atoms with Gasteiger partial charge in [-0.3, -0.25) is 4.98 Å². The summed E-state index contributed by atoms with van der Waals surface area (Å²) in [4.78, 5) is 6.32. The molecule has 0 aliphatic rings. The van der Waals surface area contributed by atoms with Crippen LogP contribution in [0.4, 0.5) is 5.69 Å². The van der Waals surface area contributed by atoms with Crippen LogP contribution in [-0.4, -0.2) is 18.6 Å². The van der Waals surface area contributed by atoms with Crippen molar-refractivity contribution in [1.82, 2.24) is 4.98 Å². The summed E-state index contributed by atoms with van der Waals surface area (Å²) in [6.07, 6.45) is 3.65. The molecule has 17 heavy (non-hydrogen) atoms. The van der Waals surface area contributed by atoms with E-state index in [1.807, 2.05) is 30.5 Å². The summed E-state index contributed by atoms with van der Waals surface area (Å²) >= 11 is 0. The van der Waals surface area contributed by atoms with E-state index in [9.17, 15) is 0 Å². The number of rotatable bonds is 4. The van der Waals surface area contributed by atoms with Gasteiger partial charge in [0.2, 0.25) is 0 Å². The Morgan fingerprint density at radius 2 is 1.94 bits per heavy atom. The van der Waals surface area contributed by atoms with Crippen molar-refractivity contribution in [2.24, 2.45) is 5.73 Å². The van der Waals surface area contributed by atoms with Gasteiger partial charge < -0.3 is 10.6 Å². The highest BCUT2D eigenvalue weighted by atomic mass is 15.1. The zero-order chi connectivity index (χ0) is 12.1. The van der Waals surface area contributed by atoms with Crippen LogP contribution in [0.5, 0.6) is 0 Å². The Kier molecular flexibility index (Phi) is 3.73. The summed E-state index contributed by atoms with van der Waals surface area (Å²) in [5, 5.41) is 0. The third-order valence-electron chi connectivity index (χ3n) is 2.92. The number of para-hydroxylation sites is 1. The van der Waals surface area contributed by atoms with E-state index < -0.39 is 0 Å². The first kappa shape index (κ1) is 11.6. The molecule has 1 unspecified atom stereocenters. The molecule has 0 aliphatic carbocycles. The predicted molar refractivity (Wildman–Crippen MR) is 70.9 cm³/mol. The molecule has 1 aromatic heterocycles. The molecule has 0 saturated carbocycles. The Balaban J connectivity index is 2.25. The number of benzene rings is 1. The number of pyridine rings is 1. The lowest BCUT2D eigenvalue weighted by Gasteiger charge is -2.29. The fourth-order valence-corrected chi connectivity index (χ4v) is 1.93. The molecule has 0 radical (unpaired) electrons. The lowest BCUT2D eigenvalue weighted by Crippen LogP contribution is -2.30. The van der Waals surface area contributed by atoms with Crippen molar-refractivity contribution in [1.29, 1.82) is 0 Å². The van der Waals surface area contributed by atoms with Crippen LogP contribution in [0.3, 0.4) is 0 Å². The smallest absolute Gasteiger partial charge is 0.0676 e. The Labute approximate surface area is 102 Å². The third-order valence-corrected chi connectivity index (χ3v) is 2.92. The van der Waals surface area contributed by atoms with Crippen molar-refractivity contribution in [3.8, 4) is 0 Å². The van der Waals surface area contributed by atoms with Crippen LogP contribution in [-0.2, 0) is 0 Å². The van der Waals surface area contributed by atoms with Crippen LogP contribution < -0.4 is 10.6 Å². The number of anilines is 1. The lowest BCUT2D eigenvalue weighted by molar-refractivity contribution is 0.678. The minimum absolute atomic E-state index is 0.158. The van der Waals surface area contributed by atoms with Crippen LogP contribution in [0.1, 0.15) is 11.6 Å². The van der Waals surface area contributed by atoms with Crippen LogP contribution in [0.15, 0.2) is 54.9 Å². The van der Waals surface area contributed by atoms with Gasteiger partial charge in [-0.1, -0.05) is 24.3 Å². The van der Waals surface area contributed by atoms with Crippen molar-refractivity contribution in [3.63, 3.8) is 0 Å². The summed E-state index contributed by atoms with van der Waals surface area (Å²) in [6, 6.07) is 14.4. The summed E-state index contributed by atoms with van der Waals surface area (Å²) in [6.45, 7) is 0.567. The average Bonchev–Trinajstić information content (AvgIpc) is 2.42. The maximum absolute atomic E-state index is 5.87. The van der Waals surface area contributed by atoms with E-state index in [0.717, 1.165) is 11.3 Å². The van der Waals surface area contributed by atoms with Crippen LogP contribution >= 0.6 is 0 Å². The molecule has 0 bridgehead atoms. The Morgan fingerprint density at radius 1 is 1.18 bits per heavy atom. The van der Waals surface area contributed by atoms with Gasteiger partial charge in [-0.2, -0.15) is 0 Å². The Hall–Kier alpha value is -1.87. The number of hydrogen-bond donors (Lipinski definition) is 1. The molecule has 1 atom stereocenters. The minimum Gasteiger partial charge on any atom is -0.366 e. The van der Waals surface area contributed by atoms with E-state index in [4.69, 9.17) is 5.73 Å². The highest BCUT2D eigenvalue weighted by molar-refractivity contribution is 5.47. The molecular formula is C14H17N3. The molecule has 3 heteroatoms. The summed E-state index contributed by atoms with van der Waals surface area (Å²) in [5.74, 6) is 0. The molecule has 2 rings (SSSR count). The monoisotopic (exact) mass is 227 g/mol. The predicted octanol–water partition coefficient (Wildman–Crippen LogP) is 2.22. The number of aromatic nitrogens is 1. The zero-order valence-electron chi connectivity index (χ0n) is 9.95. The molecule has 0 amide bonds. The normalized spacial score (nSPS) is 12.1. The fraction of sp³-hybridized carbons (Fsp3) is 0.214. The second kappa shape index (κ2) is 5.46. The molecule has 2 N–H and O–H groups in total. The molecule has 1 heterocycles. The SMILES string of the molecule is CN(c1ccccc1)C(CN)c1cccnc1. The van der Waals surface area contributed by atoms with Gasteiger partial charge in [-0.25, -0.2) is 0 Å². The minimum atomic E-state index is 0.158. The highest BCUT2D eigenvalue weighted by Gasteiger charge is 2.15. The van der Waals surface area contributed by atoms with Crippen molar-refractivity contribution in [3.05, 3.63) is 60.4 Å². The summed E-state index contributed by atoms with van der Waals surface area (Å²) in [7, 11) is 2.06. The van der Waals surface area contributed by atoms with Gasteiger partial charge >= 0.3 is 0 Å². The standard InChI is InChI=1S/C14H17N3/c1-17(13-7-3-2-4-8-13)14(10-15)12-6-5-9-16-11-12/h2-9,11,14H,10,15H2,1H3. The largest absolute Gasteiger partial charge is 0.366 e. The van der Waals surface area contributed by atoms with Crippen molar-refractivity contribution in [2.75, 3.05) is 18.5 Å². The number of nitrogens with two attached hydrogens (primary N) is 1. The second-order valence-corrected chi connectivity index (χ2v) is 3.98. The number of nitrogens with zero attached hydrogens (tertiary/aromatic N) is 2. The van der Waals surface area contributed by atoms with E-state index in [1.165, 1.54) is 0 Å². The molecule has 0 fully saturated rings. The number of likely N-dealkylation sites (N-methyl/N-ethyl adjacent to an activating group) is 1. The van der Waals surface area contributed by atoms with Crippen molar-refractivity contribution in [2.45, 2.75) is 6.04 Å². The van der Waals surface area contributed by atoms with Crippen LogP contribution in [0.2, 0.25) is 0 Å². The third kappa shape index (κ3) is 2.63. The fourth-order valence-electron chi connectivity index (χ4n) is 1.93. The maximum atomic E-state index is 5.87. The van der Waals surface area contributed by atoms with E-state index >= 15 is 0 Å². The lowest BCUT2D eigenvalue weighted by atomic mass is 10.1. The molecule has 0 aliphatic heterocycles. The molecule has 3 nitrogen and oxygen atoms in total. The van der Waals surface area contributed by atoms with Gasteiger partial charge in [0, 0.05) is 31.7 Å². The quantitative estimate of drug-likeness (QED) is 0.870. The molecule has 0 saturated heterocycles. The first-order chi connectivity index (χ1) is 8.33. The van der Waals surface area contributed by atoms with Gasteiger partial charge in [0.1, 0.15) is 0 Å². The van der Waals surface area contributed by atoms with E-state index in [2.05, 4.69) is 35.1 Å². The van der Waals surface area contributed by atoms with Crippen LogP contribution in [0, 0.1) is 0 Å². The van der Waals surface area contributed by atoms with Gasteiger partial charge in [-0.05, 0) is 23.8 Å². The maximum Gasteiger partial charge on any atom is 0.0676 e. The van der Waals surface area contributed by atoms with Gasteiger partial charge in [-0.15, -0.1) is 0 Å². The summed E-state index contributed by atoms with van der Waals surface area (Å²) in [5.41, 5.74) is 8.17. The van der Waals surface area contributed by atoms with Gasteiger partial charge in [0.05, 0.1) is 6.04 Å². The second-order valence-electron chi connectivity index (χ2n) is 3.98. The highest BCUT2D eigenvalue weighted by Crippen LogP contribution is 2.23. The van der Waals surface area contributed by atoms with Crippen molar-refractivity contribution < 1.29 is 0 Å². The van der Waals surface area contributed by atoms with Crippen molar-refractivity contribution >= 4 is 5.69 Å². The molecule has 0 spiro atoms. The molecule has 2 aromatic rings. The zero-order valence-corrected chi connectivity index (χ0v) is 9.95. The molecule has 88 valence electrons. The molecular weight excluding hydrogens is 210 g/mol. The first-order valence-electron chi connectivity index (χ1n) is 5.71. The first-order valence-corrected chi connectivity index (χ1v) is 5.71. The summed E-state index contributed by atoms with van der Waals surface area (Å²) < 4.78 is 0. The van der Waals surface area contributed by atoms with Gasteiger partial charge in [0.15, 0.2) is 0 Å². The van der Waals surface area contributed by atoms with Crippen LogP contribution in [0.25, 0.3) is 0 Å². The van der Waals surface area contributed by atoms with Gasteiger partial charge in [0.25, 0.3) is 0 Å². The Morgan fingerprint density at radius 3 is 2.53 bits per heavy atom.